The molecule has 1 aliphatic rings. The molecule has 0 radical (unpaired) electrons. The first-order chi connectivity index (χ1) is 7.24. The number of nitrogens with two attached hydrogens (primary N) is 2. The van der Waals surface area contributed by atoms with Crippen molar-refractivity contribution in [3.63, 3.8) is 0 Å². The molecule has 0 fully saturated rings. The summed E-state index contributed by atoms with van der Waals surface area (Å²) in [6.45, 7) is 0. The highest BCUT2D eigenvalue weighted by atomic mass is 32.1. The number of hydrogen-bond donors (Lipinski definition) is 3. The van der Waals surface area contributed by atoms with E-state index in [-0.39, 0.29) is 6.29 Å². The van der Waals surface area contributed by atoms with Crippen LogP contribution >= 0.6 is 11.3 Å². The Morgan fingerprint density at radius 1 is 1.40 bits per heavy atom. The van der Waals surface area contributed by atoms with E-state index in [2.05, 4.69) is 15.3 Å². The quantitative estimate of drug-likeness (QED) is 0.615. The van der Waals surface area contributed by atoms with Crippen LogP contribution in [0.2, 0.25) is 0 Å². The third-order valence-electron chi connectivity index (χ3n) is 2.27. The molecule has 1 aromatic carbocycles. The number of anilines is 2. The van der Waals surface area contributed by atoms with Crippen LogP contribution in [0.1, 0.15) is 5.56 Å². The summed E-state index contributed by atoms with van der Waals surface area (Å²) >= 11 is 1.46. The minimum atomic E-state index is -0.383. The van der Waals surface area contributed by atoms with Gasteiger partial charge < -0.3 is 11.1 Å². The summed E-state index contributed by atoms with van der Waals surface area (Å²) in [6, 6.07) is 3.89. The SMILES string of the molecule is Nc1nc2ccc3c(c2s1)NC(N)N=C3. The van der Waals surface area contributed by atoms with E-state index in [4.69, 9.17) is 11.5 Å². The molecule has 1 aliphatic heterocycles. The Balaban J connectivity index is 2.33. The zero-order chi connectivity index (χ0) is 10.4. The average Bonchev–Trinajstić information content (AvgIpc) is 2.58. The van der Waals surface area contributed by atoms with E-state index in [0.29, 0.717) is 5.13 Å². The van der Waals surface area contributed by atoms with Gasteiger partial charge in [0.25, 0.3) is 0 Å². The zero-order valence-corrected chi connectivity index (χ0v) is 8.58. The van der Waals surface area contributed by atoms with Crippen LogP contribution in [-0.4, -0.2) is 17.5 Å². The van der Waals surface area contributed by atoms with Gasteiger partial charge in [-0.1, -0.05) is 11.3 Å². The highest BCUT2D eigenvalue weighted by Gasteiger charge is 2.15. The number of fused-ring (bicyclic) bond motifs is 3. The molecule has 3 rings (SSSR count). The molecular weight excluding hydrogens is 210 g/mol. The molecule has 15 heavy (non-hydrogen) atoms. The highest BCUT2D eigenvalue weighted by Crippen LogP contribution is 2.34. The number of aromatic nitrogens is 1. The average molecular weight is 219 g/mol. The first-order valence-electron chi connectivity index (χ1n) is 4.48. The minimum Gasteiger partial charge on any atom is -0.375 e. The Morgan fingerprint density at radius 3 is 3.13 bits per heavy atom. The molecule has 0 spiro atoms. The monoisotopic (exact) mass is 219 g/mol. The van der Waals surface area contributed by atoms with Crippen molar-refractivity contribution >= 4 is 38.6 Å². The van der Waals surface area contributed by atoms with Gasteiger partial charge in [-0.2, -0.15) is 0 Å². The van der Waals surface area contributed by atoms with Crippen LogP contribution in [0, 0.1) is 0 Å². The summed E-state index contributed by atoms with van der Waals surface area (Å²) in [5, 5.41) is 3.68. The fourth-order valence-electron chi connectivity index (χ4n) is 1.63. The number of benzene rings is 1. The molecule has 2 aromatic rings. The van der Waals surface area contributed by atoms with Gasteiger partial charge in [0.05, 0.1) is 15.9 Å². The van der Waals surface area contributed by atoms with E-state index in [0.717, 1.165) is 21.5 Å². The van der Waals surface area contributed by atoms with Crippen LogP contribution in [-0.2, 0) is 0 Å². The highest BCUT2D eigenvalue weighted by molar-refractivity contribution is 7.22. The van der Waals surface area contributed by atoms with E-state index in [1.807, 2.05) is 12.1 Å². The second-order valence-electron chi connectivity index (χ2n) is 3.30. The third-order valence-corrected chi connectivity index (χ3v) is 3.19. The van der Waals surface area contributed by atoms with Gasteiger partial charge in [0, 0.05) is 11.8 Å². The Kier molecular flexibility index (Phi) is 1.68. The largest absolute Gasteiger partial charge is 0.375 e. The third kappa shape index (κ3) is 1.26. The molecule has 1 aromatic heterocycles. The maximum Gasteiger partial charge on any atom is 0.181 e. The number of nitrogens with one attached hydrogen (secondary N) is 1. The van der Waals surface area contributed by atoms with Crippen molar-refractivity contribution in [3.8, 4) is 0 Å². The Morgan fingerprint density at radius 2 is 2.27 bits per heavy atom. The van der Waals surface area contributed by atoms with Crippen LogP contribution < -0.4 is 16.8 Å². The summed E-state index contributed by atoms with van der Waals surface area (Å²) in [5.74, 6) is 0. The van der Waals surface area contributed by atoms with E-state index in [9.17, 15) is 0 Å². The van der Waals surface area contributed by atoms with E-state index in [1.165, 1.54) is 11.3 Å². The molecular formula is C9H9N5S. The van der Waals surface area contributed by atoms with Crippen LogP contribution in [0.5, 0.6) is 0 Å². The van der Waals surface area contributed by atoms with Gasteiger partial charge in [-0.25, -0.2) is 4.98 Å². The number of nitrogen functional groups attached to an aromatic ring is 1. The van der Waals surface area contributed by atoms with Crippen LogP contribution in [0.4, 0.5) is 10.8 Å². The number of hydrogen-bond acceptors (Lipinski definition) is 6. The van der Waals surface area contributed by atoms with Crippen LogP contribution in [0.3, 0.4) is 0 Å². The first-order valence-corrected chi connectivity index (χ1v) is 5.30. The van der Waals surface area contributed by atoms with Crippen molar-refractivity contribution in [1.82, 2.24) is 4.98 Å². The lowest BCUT2D eigenvalue weighted by atomic mass is 10.1. The molecule has 6 heteroatoms. The molecule has 0 amide bonds. The van der Waals surface area contributed by atoms with Gasteiger partial charge >= 0.3 is 0 Å². The van der Waals surface area contributed by atoms with Gasteiger partial charge in [0.15, 0.2) is 11.4 Å². The van der Waals surface area contributed by atoms with E-state index in [1.54, 1.807) is 6.21 Å². The smallest absolute Gasteiger partial charge is 0.181 e. The normalized spacial score (nSPS) is 18.9. The van der Waals surface area contributed by atoms with Gasteiger partial charge in [-0.3, -0.25) is 10.7 Å². The number of aliphatic imine (C=N–C) groups is 1. The fourth-order valence-corrected chi connectivity index (χ4v) is 2.48. The molecule has 5 nitrogen and oxygen atoms in total. The second-order valence-corrected chi connectivity index (χ2v) is 4.33. The molecule has 0 aliphatic carbocycles. The lowest BCUT2D eigenvalue weighted by Gasteiger charge is -2.18. The molecule has 0 bridgehead atoms. The van der Waals surface area contributed by atoms with Crippen molar-refractivity contribution < 1.29 is 0 Å². The first kappa shape index (κ1) is 8.63. The van der Waals surface area contributed by atoms with Gasteiger partial charge in [-0.15, -0.1) is 0 Å². The maximum atomic E-state index is 5.69. The van der Waals surface area contributed by atoms with Crippen LogP contribution in [0.15, 0.2) is 17.1 Å². The standard InChI is InChI=1S/C9H9N5S/c10-8-12-3-4-1-2-5-7(6(4)14-8)15-9(11)13-5/h1-3,8,14H,10H2,(H2,11,13). The van der Waals surface area contributed by atoms with E-state index >= 15 is 0 Å². The predicted octanol–water partition coefficient (Wildman–Crippen LogP) is 0.965. The number of thiazole rings is 1. The van der Waals surface area contributed by atoms with Crippen molar-refractivity contribution in [2.75, 3.05) is 11.1 Å². The molecule has 0 saturated carbocycles. The van der Waals surface area contributed by atoms with Gasteiger partial charge in [0.2, 0.25) is 0 Å². The van der Waals surface area contributed by atoms with Crippen molar-refractivity contribution in [2.24, 2.45) is 10.7 Å². The molecule has 0 saturated heterocycles. The topological polar surface area (TPSA) is 89.3 Å². The molecule has 5 N–H and O–H groups in total. The Hall–Kier alpha value is -1.66. The minimum absolute atomic E-state index is 0.383. The molecule has 1 unspecified atom stereocenters. The van der Waals surface area contributed by atoms with Gasteiger partial charge in [-0.05, 0) is 12.1 Å². The Bertz CT molecular complexity index is 559. The summed E-state index contributed by atoms with van der Waals surface area (Å²) in [7, 11) is 0. The van der Waals surface area contributed by atoms with Crippen LogP contribution in [0.25, 0.3) is 10.2 Å². The van der Waals surface area contributed by atoms with Crippen molar-refractivity contribution in [1.29, 1.82) is 0 Å². The van der Waals surface area contributed by atoms with E-state index < -0.39 is 0 Å². The number of rotatable bonds is 0. The summed E-state index contributed by atoms with van der Waals surface area (Å²) in [5.41, 5.74) is 14.3. The summed E-state index contributed by atoms with van der Waals surface area (Å²) in [6.07, 6.45) is 1.39. The molecule has 2 heterocycles. The van der Waals surface area contributed by atoms with Crippen molar-refractivity contribution in [2.45, 2.75) is 6.29 Å². The van der Waals surface area contributed by atoms with Gasteiger partial charge in [0.1, 0.15) is 0 Å². The second kappa shape index (κ2) is 2.91. The predicted molar refractivity (Wildman–Crippen MR) is 63.2 cm³/mol. The van der Waals surface area contributed by atoms with Crippen molar-refractivity contribution in [3.05, 3.63) is 17.7 Å². The number of nitrogens with zero attached hydrogens (tertiary/aromatic N) is 2. The Labute approximate surface area is 89.8 Å². The molecule has 1 atom stereocenters. The maximum absolute atomic E-state index is 5.69. The summed E-state index contributed by atoms with van der Waals surface area (Å²) in [4.78, 5) is 8.30. The zero-order valence-electron chi connectivity index (χ0n) is 7.77. The molecule has 76 valence electrons. The lowest BCUT2D eigenvalue weighted by Crippen LogP contribution is -2.30. The lowest BCUT2D eigenvalue weighted by molar-refractivity contribution is 0.808. The fraction of sp³-hybridized carbons (Fsp3) is 0.111. The summed E-state index contributed by atoms with van der Waals surface area (Å²) < 4.78 is 1.03.